The molecule has 3 heteroatoms. The molecule has 1 atom stereocenters. The average Bonchev–Trinajstić information content (AvgIpc) is 2.28. The fourth-order valence-electron chi connectivity index (χ4n) is 1.74. The van der Waals surface area contributed by atoms with Crippen LogP contribution in [0.15, 0.2) is 18.2 Å². The number of benzene rings is 1. The van der Waals surface area contributed by atoms with E-state index in [-0.39, 0.29) is 6.04 Å². The molecule has 1 aromatic rings. The first-order valence-electron chi connectivity index (χ1n) is 5.84. The van der Waals surface area contributed by atoms with Crippen LogP contribution in [0, 0.1) is 0 Å². The highest BCUT2D eigenvalue weighted by molar-refractivity contribution is 6.33. The molecule has 0 heterocycles. The van der Waals surface area contributed by atoms with Gasteiger partial charge in [0.25, 0.3) is 0 Å². The normalized spacial score (nSPS) is 12.6. The molecular formula is C13H21ClN2. The molecule has 0 bridgehead atoms. The molecule has 0 aliphatic rings. The molecule has 2 N–H and O–H groups in total. The summed E-state index contributed by atoms with van der Waals surface area (Å²) >= 11 is 6.25. The second kappa shape index (κ2) is 6.12. The van der Waals surface area contributed by atoms with Crippen LogP contribution in [0.3, 0.4) is 0 Å². The molecule has 2 nitrogen and oxygen atoms in total. The van der Waals surface area contributed by atoms with Gasteiger partial charge < -0.3 is 10.6 Å². The molecule has 90 valence electrons. The predicted octanol–water partition coefficient (Wildman–Crippen LogP) is 3.08. The van der Waals surface area contributed by atoms with Crippen LogP contribution in [0.4, 0.5) is 5.69 Å². The molecule has 0 saturated carbocycles. The summed E-state index contributed by atoms with van der Waals surface area (Å²) in [5, 5.41) is 0.810. The molecule has 0 aromatic heterocycles. The Morgan fingerprint density at radius 2 is 2.06 bits per heavy atom. The smallest absolute Gasteiger partial charge is 0.0642 e. The number of nitrogens with two attached hydrogens (primary N) is 1. The molecule has 1 rings (SSSR count). The first kappa shape index (κ1) is 13.3. The minimum absolute atomic E-state index is 0.211. The van der Waals surface area contributed by atoms with Gasteiger partial charge >= 0.3 is 0 Å². The van der Waals surface area contributed by atoms with Gasteiger partial charge in [-0.25, -0.2) is 0 Å². The Morgan fingerprint density at radius 1 is 1.38 bits per heavy atom. The first-order chi connectivity index (χ1) is 7.60. The molecular weight excluding hydrogens is 220 g/mol. The standard InChI is InChI=1S/C13H21ClN2/c1-4-11(15)9-10-7-6-8-12(14)13(10)16(3)5-2/h6-8,11H,4-5,9,15H2,1-3H3. The van der Waals surface area contributed by atoms with Crippen molar-refractivity contribution in [1.29, 1.82) is 0 Å². The van der Waals surface area contributed by atoms with E-state index in [2.05, 4.69) is 31.9 Å². The van der Waals surface area contributed by atoms with Crippen molar-refractivity contribution in [1.82, 2.24) is 0 Å². The van der Waals surface area contributed by atoms with Gasteiger partial charge in [-0.15, -0.1) is 0 Å². The molecule has 1 aromatic carbocycles. The van der Waals surface area contributed by atoms with Crippen molar-refractivity contribution in [2.24, 2.45) is 5.73 Å². The fourth-order valence-corrected chi connectivity index (χ4v) is 2.08. The Labute approximate surface area is 103 Å². The molecule has 0 aliphatic heterocycles. The van der Waals surface area contributed by atoms with Crippen LogP contribution >= 0.6 is 11.6 Å². The fraction of sp³-hybridized carbons (Fsp3) is 0.538. The lowest BCUT2D eigenvalue weighted by atomic mass is 10.0. The largest absolute Gasteiger partial charge is 0.373 e. The lowest BCUT2D eigenvalue weighted by molar-refractivity contribution is 0.645. The lowest BCUT2D eigenvalue weighted by Gasteiger charge is -2.23. The Hall–Kier alpha value is -0.730. The van der Waals surface area contributed by atoms with Crippen LogP contribution in [0.2, 0.25) is 5.02 Å². The third kappa shape index (κ3) is 3.13. The number of para-hydroxylation sites is 1. The van der Waals surface area contributed by atoms with Crippen molar-refractivity contribution in [3.8, 4) is 0 Å². The summed E-state index contributed by atoms with van der Waals surface area (Å²) in [5.41, 5.74) is 8.37. The third-order valence-corrected chi connectivity index (χ3v) is 3.24. The average molecular weight is 241 g/mol. The van der Waals surface area contributed by atoms with Crippen LogP contribution < -0.4 is 10.6 Å². The number of hydrogen-bond donors (Lipinski definition) is 1. The zero-order chi connectivity index (χ0) is 12.1. The van der Waals surface area contributed by atoms with E-state index in [1.807, 2.05) is 12.1 Å². The van der Waals surface area contributed by atoms with Gasteiger partial charge in [-0.1, -0.05) is 30.7 Å². The highest BCUT2D eigenvalue weighted by Crippen LogP contribution is 2.29. The van der Waals surface area contributed by atoms with E-state index < -0.39 is 0 Å². The topological polar surface area (TPSA) is 29.3 Å². The van der Waals surface area contributed by atoms with E-state index in [4.69, 9.17) is 17.3 Å². The van der Waals surface area contributed by atoms with Crippen molar-refractivity contribution in [3.05, 3.63) is 28.8 Å². The minimum atomic E-state index is 0.211. The first-order valence-corrected chi connectivity index (χ1v) is 6.22. The summed E-state index contributed by atoms with van der Waals surface area (Å²) in [5.74, 6) is 0. The number of hydrogen-bond acceptors (Lipinski definition) is 2. The van der Waals surface area contributed by atoms with E-state index in [1.165, 1.54) is 5.56 Å². The molecule has 0 spiro atoms. The van der Waals surface area contributed by atoms with Crippen molar-refractivity contribution in [3.63, 3.8) is 0 Å². The monoisotopic (exact) mass is 240 g/mol. The van der Waals surface area contributed by atoms with Gasteiger partial charge in [-0.2, -0.15) is 0 Å². The van der Waals surface area contributed by atoms with E-state index in [0.29, 0.717) is 0 Å². The molecule has 0 radical (unpaired) electrons. The number of nitrogens with zero attached hydrogens (tertiary/aromatic N) is 1. The molecule has 1 unspecified atom stereocenters. The Kier molecular flexibility index (Phi) is 5.10. The van der Waals surface area contributed by atoms with Gasteiger partial charge in [0.15, 0.2) is 0 Å². The minimum Gasteiger partial charge on any atom is -0.373 e. The van der Waals surface area contributed by atoms with Gasteiger partial charge in [0.2, 0.25) is 0 Å². The summed E-state index contributed by atoms with van der Waals surface area (Å²) in [6, 6.07) is 6.25. The third-order valence-electron chi connectivity index (χ3n) is 2.93. The molecule has 0 aliphatic carbocycles. The zero-order valence-corrected chi connectivity index (χ0v) is 11.1. The predicted molar refractivity (Wildman–Crippen MR) is 72.4 cm³/mol. The van der Waals surface area contributed by atoms with Crippen LogP contribution in [0.25, 0.3) is 0 Å². The highest BCUT2D eigenvalue weighted by atomic mass is 35.5. The summed E-state index contributed by atoms with van der Waals surface area (Å²) in [6.07, 6.45) is 1.87. The highest BCUT2D eigenvalue weighted by Gasteiger charge is 2.12. The van der Waals surface area contributed by atoms with E-state index in [9.17, 15) is 0 Å². The van der Waals surface area contributed by atoms with Crippen molar-refractivity contribution in [2.45, 2.75) is 32.7 Å². The van der Waals surface area contributed by atoms with Crippen LogP contribution in [0.1, 0.15) is 25.8 Å². The molecule has 0 fully saturated rings. The second-order valence-corrected chi connectivity index (χ2v) is 4.54. The van der Waals surface area contributed by atoms with Crippen molar-refractivity contribution in [2.75, 3.05) is 18.5 Å². The number of anilines is 1. The Balaban J connectivity index is 3.02. The van der Waals surface area contributed by atoms with Crippen molar-refractivity contribution >= 4 is 17.3 Å². The molecule has 0 amide bonds. The lowest BCUT2D eigenvalue weighted by Crippen LogP contribution is -2.24. The summed E-state index contributed by atoms with van der Waals surface area (Å²) in [7, 11) is 2.06. The zero-order valence-electron chi connectivity index (χ0n) is 10.3. The van der Waals surface area contributed by atoms with Crippen LogP contribution in [-0.2, 0) is 6.42 Å². The van der Waals surface area contributed by atoms with Crippen molar-refractivity contribution < 1.29 is 0 Å². The summed E-state index contributed by atoms with van der Waals surface area (Å²) in [4.78, 5) is 2.17. The van der Waals surface area contributed by atoms with E-state index in [0.717, 1.165) is 30.1 Å². The summed E-state index contributed by atoms with van der Waals surface area (Å²) in [6.45, 7) is 5.17. The molecule has 16 heavy (non-hydrogen) atoms. The quantitative estimate of drug-likeness (QED) is 0.857. The number of halogens is 1. The Bertz CT molecular complexity index is 339. The van der Waals surface area contributed by atoms with E-state index >= 15 is 0 Å². The second-order valence-electron chi connectivity index (χ2n) is 4.13. The SMILES string of the molecule is CCC(N)Cc1cccc(Cl)c1N(C)CC. The van der Waals surface area contributed by atoms with Crippen LogP contribution in [-0.4, -0.2) is 19.6 Å². The van der Waals surface area contributed by atoms with Crippen LogP contribution in [0.5, 0.6) is 0 Å². The maximum atomic E-state index is 6.25. The van der Waals surface area contributed by atoms with Gasteiger partial charge in [0.05, 0.1) is 10.7 Å². The molecule has 0 saturated heterocycles. The maximum Gasteiger partial charge on any atom is 0.0642 e. The van der Waals surface area contributed by atoms with Gasteiger partial charge in [-0.3, -0.25) is 0 Å². The summed E-state index contributed by atoms with van der Waals surface area (Å²) < 4.78 is 0. The van der Waals surface area contributed by atoms with Gasteiger partial charge in [0.1, 0.15) is 0 Å². The maximum absolute atomic E-state index is 6.25. The Morgan fingerprint density at radius 3 is 2.62 bits per heavy atom. The number of rotatable bonds is 5. The van der Waals surface area contributed by atoms with Gasteiger partial charge in [-0.05, 0) is 31.4 Å². The van der Waals surface area contributed by atoms with Gasteiger partial charge in [0, 0.05) is 19.6 Å². The van der Waals surface area contributed by atoms with E-state index in [1.54, 1.807) is 0 Å².